The van der Waals surface area contributed by atoms with E-state index in [2.05, 4.69) is 37.4 Å². The number of aryl methyl sites for hydroxylation is 1. The average molecular weight is 161 g/mol. The Morgan fingerprint density at radius 1 is 1.42 bits per heavy atom. The third kappa shape index (κ3) is 1.25. The topological polar surface area (TPSA) is 12.0 Å². The molecule has 1 nitrogen and oxygen atoms in total. The Morgan fingerprint density at radius 3 is 3.08 bits per heavy atom. The minimum Gasteiger partial charge on any atom is -0.312 e. The predicted octanol–water partition coefficient (Wildman–Crippen LogP) is 2.20. The van der Waals surface area contributed by atoms with Crippen LogP contribution in [0.4, 0.5) is 0 Å². The number of nitrogens with one attached hydrogen (secondary N) is 1. The molecule has 0 amide bonds. The fraction of sp³-hybridized carbons (Fsp3) is 0.455. The molecule has 2 rings (SSSR count). The first-order valence-electron chi connectivity index (χ1n) is 4.57. The monoisotopic (exact) mass is 161 g/mol. The molecule has 1 heterocycles. The summed E-state index contributed by atoms with van der Waals surface area (Å²) in [5.74, 6) is 0.675. The van der Waals surface area contributed by atoms with Gasteiger partial charge in [-0.15, -0.1) is 0 Å². The molecule has 0 unspecified atom stereocenters. The summed E-state index contributed by atoms with van der Waals surface area (Å²) in [5.41, 5.74) is 4.37. The lowest BCUT2D eigenvalue weighted by Crippen LogP contribution is -2.26. The second-order valence-electron chi connectivity index (χ2n) is 3.73. The van der Waals surface area contributed by atoms with Crippen LogP contribution in [0.3, 0.4) is 0 Å². The highest BCUT2D eigenvalue weighted by molar-refractivity contribution is 5.35. The molecule has 0 aliphatic carbocycles. The first kappa shape index (κ1) is 7.81. The fourth-order valence-electron chi connectivity index (χ4n) is 1.90. The molecule has 0 fully saturated rings. The quantitative estimate of drug-likeness (QED) is 0.615. The maximum atomic E-state index is 3.42. The molecule has 1 aliphatic heterocycles. The van der Waals surface area contributed by atoms with Crippen molar-refractivity contribution >= 4 is 0 Å². The fourth-order valence-corrected chi connectivity index (χ4v) is 1.90. The highest BCUT2D eigenvalue weighted by Crippen LogP contribution is 2.23. The minimum absolute atomic E-state index is 0.675. The minimum atomic E-state index is 0.675. The van der Waals surface area contributed by atoms with Crippen molar-refractivity contribution in [2.24, 2.45) is 0 Å². The lowest BCUT2D eigenvalue weighted by Gasteiger charge is -2.23. The van der Waals surface area contributed by atoms with E-state index < -0.39 is 0 Å². The first-order valence-corrected chi connectivity index (χ1v) is 4.57. The third-order valence-electron chi connectivity index (χ3n) is 2.60. The second-order valence-corrected chi connectivity index (χ2v) is 3.73. The summed E-state index contributed by atoms with van der Waals surface area (Å²) >= 11 is 0. The Labute approximate surface area is 73.8 Å². The van der Waals surface area contributed by atoms with Crippen LogP contribution in [0.2, 0.25) is 0 Å². The maximum absolute atomic E-state index is 3.42. The van der Waals surface area contributed by atoms with Gasteiger partial charge in [-0.05, 0) is 24.0 Å². The van der Waals surface area contributed by atoms with Gasteiger partial charge in [-0.2, -0.15) is 0 Å². The molecule has 0 saturated carbocycles. The molecule has 1 N–H and O–H groups in total. The van der Waals surface area contributed by atoms with Gasteiger partial charge in [0.15, 0.2) is 0 Å². The van der Waals surface area contributed by atoms with Gasteiger partial charge >= 0.3 is 0 Å². The molecule has 1 heteroatoms. The largest absolute Gasteiger partial charge is 0.312 e. The van der Waals surface area contributed by atoms with Crippen molar-refractivity contribution in [3.8, 4) is 0 Å². The summed E-state index contributed by atoms with van der Waals surface area (Å²) in [6.45, 7) is 6.59. The predicted molar refractivity (Wildman–Crippen MR) is 51.3 cm³/mol. The zero-order chi connectivity index (χ0) is 8.55. The van der Waals surface area contributed by atoms with Crippen molar-refractivity contribution in [3.63, 3.8) is 0 Å². The smallest absolute Gasteiger partial charge is 0.0208 e. The van der Waals surface area contributed by atoms with E-state index in [4.69, 9.17) is 0 Å². The molecule has 12 heavy (non-hydrogen) atoms. The number of hydrogen-bond donors (Lipinski definition) is 1. The maximum Gasteiger partial charge on any atom is 0.0208 e. The molecule has 64 valence electrons. The number of rotatable bonds is 0. The van der Waals surface area contributed by atoms with E-state index >= 15 is 0 Å². The summed E-state index contributed by atoms with van der Waals surface area (Å²) < 4.78 is 0. The molecule has 0 spiro atoms. The van der Waals surface area contributed by atoms with Crippen LogP contribution in [0.5, 0.6) is 0 Å². The van der Waals surface area contributed by atoms with Crippen molar-refractivity contribution in [1.29, 1.82) is 0 Å². The Bertz CT molecular complexity index is 291. The average Bonchev–Trinajstić information content (AvgIpc) is 2.04. The van der Waals surface area contributed by atoms with Crippen LogP contribution in [0.25, 0.3) is 0 Å². The van der Waals surface area contributed by atoms with E-state index in [0.29, 0.717) is 5.92 Å². The highest BCUT2D eigenvalue weighted by atomic mass is 14.9. The zero-order valence-electron chi connectivity index (χ0n) is 7.72. The van der Waals surface area contributed by atoms with Crippen molar-refractivity contribution in [1.82, 2.24) is 5.32 Å². The standard InChI is InChI=1S/C11H15N/c1-8-3-4-11-9(2)6-12-7-10(11)5-8/h3-5,9,12H,6-7H2,1-2H3/t9-/m0/s1. The van der Waals surface area contributed by atoms with Gasteiger partial charge in [0.1, 0.15) is 0 Å². The Morgan fingerprint density at radius 2 is 2.25 bits per heavy atom. The van der Waals surface area contributed by atoms with E-state index in [0.717, 1.165) is 13.1 Å². The van der Waals surface area contributed by atoms with E-state index in [9.17, 15) is 0 Å². The van der Waals surface area contributed by atoms with Crippen LogP contribution < -0.4 is 5.32 Å². The SMILES string of the molecule is Cc1ccc2c(c1)CNC[C@@H]2C. The van der Waals surface area contributed by atoms with Crippen molar-refractivity contribution in [3.05, 3.63) is 34.9 Å². The molecule has 1 aromatic carbocycles. The van der Waals surface area contributed by atoms with Gasteiger partial charge in [0.05, 0.1) is 0 Å². The molecule has 0 saturated heterocycles. The van der Waals surface area contributed by atoms with Crippen molar-refractivity contribution < 1.29 is 0 Å². The Balaban J connectivity index is 2.46. The molecular formula is C11H15N. The van der Waals surface area contributed by atoms with Gasteiger partial charge < -0.3 is 5.32 Å². The Kier molecular flexibility index (Phi) is 1.89. The number of fused-ring (bicyclic) bond motifs is 1. The molecule has 1 aliphatic rings. The van der Waals surface area contributed by atoms with Gasteiger partial charge in [-0.1, -0.05) is 30.7 Å². The van der Waals surface area contributed by atoms with E-state index in [1.165, 1.54) is 16.7 Å². The lowest BCUT2D eigenvalue weighted by atomic mass is 9.91. The van der Waals surface area contributed by atoms with E-state index in [-0.39, 0.29) is 0 Å². The van der Waals surface area contributed by atoms with Crippen LogP contribution in [0, 0.1) is 6.92 Å². The summed E-state index contributed by atoms with van der Waals surface area (Å²) in [5, 5.41) is 3.42. The zero-order valence-corrected chi connectivity index (χ0v) is 7.72. The van der Waals surface area contributed by atoms with E-state index in [1.54, 1.807) is 0 Å². The number of benzene rings is 1. The summed E-state index contributed by atoms with van der Waals surface area (Å²) in [6.07, 6.45) is 0. The summed E-state index contributed by atoms with van der Waals surface area (Å²) in [7, 11) is 0. The van der Waals surface area contributed by atoms with Crippen LogP contribution in [-0.4, -0.2) is 6.54 Å². The second kappa shape index (κ2) is 2.91. The third-order valence-corrected chi connectivity index (χ3v) is 2.60. The normalized spacial score (nSPS) is 22.0. The first-order chi connectivity index (χ1) is 5.77. The van der Waals surface area contributed by atoms with Crippen molar-refractivity contribution in [2.75, 3.05) is 6.54 Å². The summed E-state index contributed by atoms with van der Waals surface area (Å²) in [6, 6.07) is 6.77. The highest BCUT2D eigenvalue weighted by Gasteiger charge is 2.14. The van der Waals surface area contributed by atoms with Gasteiger partial charge in [0.2, 0.25) is 0 Å². The van der Waals surface area contributed by atoms with Crippen LogP contribution in [0.15, 0.2) is 18.2 Å². The molecule has 0 bridgehead atoms. The van der Waals surface area contributed by atoms with E-state index in [1.807, 2.05) is 0 Å². The molecule has 0 aromatic heterocycles. The van der Waals surface area contributed by atoms with Gasteiger partial charge in [0, 0.05) is 13.1 Å². The molecule has 0 radical (unpaired) electrons. The van der Waals surface area contributed by atoms with Crippen molar-refractivity contribution in [2.45, 2.75) is 26.3 Å². The number of hydrogen-bond acceptors (Lipinski definition) is 1. The Hall–Kier alpha value is -0.820. The van der Waals surface area contributed by atoms with Crippen LogP contribution in [-0.2, 0) is 6.54 Å². The summed E-state index contributed by atoms with van der Waals surface area (Å²) in [4.78, 5) is 0. The molecular weight excluding hydrogens is 146 g/mol. The van der Waals surface area contributed by atoms with Gasteiger partial charge in [-0.25, -0.2) is 0 Å². The molecule has 1 aromatic rings. The van der Waals surface area contributed by atoms with Crippen LogP contribution >= 0.6 is 0 Å². The van der Waals surface area contributed by atoms with Gasteiger partial charge in [0.25, 0.3) is 0 Å². The van der Waals surface area contributed by atoms with Crippen LogP contribution in [0.1, 0.15) is 29.5 Å². The lowest BCUT2D eigenvalue weighted by molar-refractivity contribution is 0.570. The molecule has 1 atom stereocenters. The van der Waals surface area contributed by atoms with Gasteiger partial charge in [-0.3, -0.25) is 0 Å².